The summed E-state index contributed by atoms with van der Waals surface area (Å²) in [5, 5.41) is 5.99. The first-order valence-electron chi connectivity index (χ1n) is 5.11. The first-order valence-corrected chi connectivity index (χ1v) is 8.41. The second-order valence-corrected chi connectivity index (χ2v) is 8.00. The number of sulfonamides is 1. The number of nitrogens with zero attached hydrogens (tertiary/aromatic N) is 1. The molecule has 1 aliphatic rings. The fourth-order valence-electron chi connectivity index (χ4n) is 1.68. The number of hydrogen-bond donors (Lipinski definition) is 2. The van der Waals surface area contributed by atoms with Gasteiger partial charge in [-0.2, -0.15) is 5.10 Å². The topological polar surface area (TPSA) is 109 Å². The average molecular weight is 279 g/mol. The molecule has 1 fully saturated rings. The van der Waals surface area contributed by atoms with Crippen molar-refractivity contribution in [1.29, 1.82) is 0 Å². The van der Waals surface area contributed by atoms with E-state index in [1.54, 1.807) is 0 Å². The van der Waals surface area contributed by atoms with Gasteiger partial charge in [0.1, 0.15) is 14.7 Å². The van der Waals surface area contributed by atoms with Gasteiger partial charge >= 0.3 is 0 Å². The summed E-state index contributed by atoms with van der Waals surface area (Å²) in [4.78, 5) is 0.0610. The van der Waals surface area contributed by atoms with Crippen LogP contribution in [0.1, 0.15) is 12.8 Å². The standard InChI is InChI=1S/C8H13N3O4S2/c12-16(13)3-1-7(2-4-16)11-17(14,15)8-5-9-10-6-8/h5-7,11H,1-4H2,(H,9,10). The lowest BCUT2D eigenvalue weighted by Gasteiger charge is -2.22. The van der Waals surface area contributed by atoms with Crippen molar-refractivity contribution in [3.63, 3.8) is 0 Å². The molecule has 2 N–H and O–H groups in total. The number of aromatic nitrogens is 2. The molecule has 0 amide bonds. The zero-order chi connectivity index (χ0) is 12.5. The Morgan fingerprint density at radius 2 is 2.00 bits per heavy atom. The van der Waals surface area contributed by atoms with Crippen molar-refractivity contribution in [3.05, 3.63) is 12.4 Å². The Morgan fingerprint density at radius 3 is 2.53 bits per heavy atom. The Labute approximate surface area is 99.6 Å². The predicted molar refractivity (Wildman–Crippen MR) is 60.6 cm³/mol. The van der Waals surface area contributed by atoms with Crippen molar-refractivity contribution in [2.24, 2.45) is 0 Å². The van der Waals surface area contributed by atoms with Gasteiger partial charge in [-0.25, -0.2) is 21.6 Å². The van der Waals surface area contributed by atoms with E-state index in [-0.39, 0.29) is 22.4 Å². The van der Waals surface area contributed by atoms with Crippen molar-refractivity contribution in [3.8, 4) is 0 Å². The van der Waals surface area contributed by atoms with Crippen LogP contribution < -0.4 is 4.72 Å². The van der Waals surface area contributed by atoms with Gasteiger partial charge in [-0.3, -0.25) is 5.10 Å². The quantitative estimate of drug-likeness (QED) is 0.758. The lowest BCUT2D eigenvalue weighted by molar-refractivity contribution is 0.505. The highest BCUT2D eigenvalue weighted by molar-refractivity contribution is 7.91. The molecular formula is C8H13N3O4S2. The summed E-state index contributed by atoms with van der Waals surface area (Å²) in [7, 11) is -6.57. The fraction of sp³-hybridized carbons (Fsp3) is 0.625. The zero-order valence-electron chi connectivity index (χ0n) is 8.96. The van der Waals surface area contributed by atoms with Crippen LogP contribution in [0.25, 0.3) is 0 Å². The fourth-order valence-corrected chi connectivity index (χ4v) is 4.38. The molecule has 9 heteroatoms. The Balaban J connectivity index is 2.04. The lowest BCUT2D eigenvalue weighted by Crippen LogP contribution is -2.40. The van der Waals surface area contributed by atoms with Gasteiger partial charge in [0, 0.05) is 12.2 Å². The van der Waals surface area contributed by atoms with Gasteiger partial charge in [-0.15, -0.1) is 0 Å². The third-order valence-electron chi connectivity index (χ3n) is 2.66. The molecule has 17 heavy (non-hydrogen) atoms. The molecule has 0 atom stereocenters. The van der Waals surface area contributed by atoms with Gasteiger partial charge in [0.25, 0.3) is 0 Å². The molecule has 1 saturated heterocycles. The highest BCUT2D eigenvalue weighted by atomic mass is 32.2. The van der Waals surface area contributed by atoms with Crippen LogP contribution in [0.15, 0.2) is 17.3 Å². The van der Waals surface area contributed by atoms with Crippen LogP contribution in [0.4, 0.5) is 0 Å². The summed E-state index contributed by atoms with van der Waals surface area (Å²) < 4.78 is 48.5. The number of rotatable bonds is 3. The lowest BCUT2D eigenvalue weighted by atomic mass is 10.2. The minimum Gasteiger partial charge on any atom is -0.284 e. The smallest absolute Gasteiger partial charge is 0.243 e. The van der Waals surface area contributed by atoms with E-state index < -0.39 is 19.9 Å². The Morgan fingerprint density at radius 1 is 1.35 bits per heavy atom. The number of H-pyrrole nitrogens is 1. The third kappa shape index (κ3) is 3.05. The predicted octanol–water partition coefficient (Wildman–Crippen LogP) is -0.735. The van der Waals surface area contributed by atoms with E-state index in [4.69, 9.17) is 0 Å². The maximum Gasteiger partial charge on any atom is 0.243 e. The van der Waals surface area contributed by atoms with Gasteiger partial charge in [0.15, 0.2) is 0 Å². The molecule has 0 saturated carbocycles. The minimum absolute atomic E-state index is 0.0333. The van der Waals surface area contributed by atoms with Gasteiger partial charge in [0.2, 0.25) is 10.0 Å². The van der Waals surface area contributed by atoms with Crippen LogP contribution in [-0.2, 0) is 19.9 Å². The summed E-state index contributed by atoms with van der Waals surface area (Å²) in [6, 6.07) is -0.321. The number of sulfone groups is 1. The summed E-state index contributed by atoms with van der Waals surface area (Å²) in [6.45, 7) is 0. The van der Waals surface area contributed by atoms with Crippen LogP contribution >= 0.6 is 0 Å². The molecule has 0 aliphatic carbocycles. The molecule has 0 aromatic carbocycles. The van der Waals surface area contributed by atoms with Gasteiger partial charge in [0.05, 0.1) is 17.7 Å². The van der Waals surface area contributed by atoms with E-state index >= 15 is 0 Å². The van der Waals surface area contributed by atoms with E-state index in [0.717, 1.165) is 0 Å². The van der Waals surface area contributed by atoms with Gasteiger partial charge in [-0.05, 0) is 12.8 Å². The van der Waals surface area contributed by atoms with Crippen molar-refractivity contribution < 1.29 is 16.8 Å². The average Bonchev–Trinajstić information content (AvgIpc) is 2.75. The van der Waals surface area contributed by atoms with Crippen LogP contribution in [0.5, 0.6) is 0 Å². The molecule has 0 bridgehead atoms. The molecule has 0 spiro atoms. The van der Waals surface area contributed by atoms with Gasteiger partial charge in [-0.1, -0.05) is 0 Å². The van der Waals surface area contributed by atoms with E-state index in [1.807, 2.05) is 0 Å². The van der Waals surface area contributed by atoms with E-state index in [2.05, 4.69) is 14.9 Å². The number of nitrogens with one attached hydrogen (secondary N) is 2. The number of hydrogen-bond acceptors (Lipinski definition) is 5. The molecular weight excluding hydrogens is 266 g/mol. The largest absolute Gasteiger partial charge is 0.284 e. The Hall–Kier alpha value is -0.930. The molecule has 1 aromatic heterocycles. The third-order valence-corrected chi connectivity index (χ3v) is 5.86. The second kappa shape index (κ2) is 4.39. The minimum atomic E-state index is -3.59. The Bertz CT molecular complexity index is 562. The highest BCUT2D eigenvalue weighted by Crippen LogP contribution is 2.15. The molecule has 2 rings (SSSR count). The van der Waals surface area contributed by atoms with E-state index in [0.29, 0.717) is 12.8 Å². The highest BCUT2D eigenvalue weighted by Gasteiger charge is 2.27. The molecule has 1 aliphatic heterocycles. The SMILES string of the molecule is O=S1(=O)CCC(NS(=O)(=O)c2cn[nH]c2)CC1. The van der Waals surface area contributed by atoms with Crippen LogP contribution in [0, 0.1) is 0 Å². The van der Waals surface area contributed by atoms with Crippen LogP contribution in [0.3, 0.4) is 0 Å². The Kier molecular flexibility index (Phi) is 3.23. The van der Waals surface area contributed by atoms with Crippen molar-refractivity contribution in [2.75, 3.05) is 11.5 Å². The summed E-state index contributed by atoms with van der Waals surface area (Å²) in [5.41, 5.74) is 0. The second-order valence-electron chi connectivity index (χ2n) is 3.98. The van der Waals surface area contributed by atoms with Crippen molar-refractivity contribution in [2.45, 2.75) is 23.8 Å². The maximum atomic E-state index is 11.8. The summed E-state index contributed by atoms with van der Waals surface area (Å²) >= 11 is 0. The van der Waals surface area contributed by atoms with Crippen molar-refractivity contribution in [1.82, 2.24) is 14.9 Å². The molecule has 0 radical (unpaired) electrons. The van der Waals surface area contributed by atoms with Gasteiger partial charge < -0.3 is 0 Å². The zero-order valence-corrected chi connectivity index (χ0v) is 10.6. The molecule has 0 unspecified atom stereocenters. The first-order chi connectivity index (χ1) is 7.89. The molecule has 1 aromatic rings. The monoisotopic (exact) mass is 279 g/mol. The van der Waals surface area contributed by atoms with Crippen molar-refractivity contribution >= 4 is 19.9 Å². The van der Waals surface area contributed by atoms with E-state index in [9.17, 15) is 16.8 Å². The first kappa shape index (κ1) is 12.5. The van der Waals surface area contributed by atoms with Crippen LogP contribution in [-0.4, -0.2) is 44.6 Å². The molecule has 2 heterocycles. The number of aromatic amines is 1. The van der Waals surface area contributed by atoms with E-state index in [1.165, 1.54) is 12.4 Å². The molecule has 7 nitrogen and oxygen atoms in total. The maximum absolute atomic E-state index is 11.8. The molecule has 96 valence electrons. The summed E-state index contributed by atoms with van der Waals surface area (Å²) in [5.74, 6) is 0.0666. The normalized spacial score (nSPS) is 21.4. The van der Waals surface area contributed by atoms with Crippen LogP contribution in [0.2, 0.25) is 0 Å². The summed E-state index contributed by atoms with van der Waals surface area (Å²) in [6.07, 6.45) is 3.13.